The summed E-state index contributed by atoms with van der Waals surface area (Å²) in [6.45, 7) is 7.04. The molecule has 0 aliphatic heterocycles. The molecule has 2 aromatic heterocycles. The van der Waals surface area contributed by atoms with Crippen molar-refractivity contribution in [1.82, 2.24) is 14.8 Å². The minimum absolute atomic E-state index is 0.337. The van der Waals surface area contributed by atoms with Crippen molar-refractivity contribution in [2.45, 2.75) is 39.1 Å². The van der Waals surface area contributed by atoms with Crippen LogP contribution in [0.25, 0.3) is 0 Å². The molecule has 0 aromatic carbocycles. The third-order valence-corrected chi connectivity index (χ3v) is 3.09. The van der Waals surface area contributed by atoms with Crippen LogP contribution in [0.4, 0.5) is 0 Å². The monoisotopic (exact) mass is 279 g/mol. The molecule has 0 bridgehead atoms. The van der Waals surface area contributed by atoms with Crippen LogP contribution in [0.15, 0.2) is 24.5 Å². The minimum atomic E-state index is 0.337. The van der Waals surface area contributed by atoms with Gasteiger partial charge in [0.05, 0.1) is 12.4 Å². The van der Waals surface area contributed by atoms with Crippen LogP contribution in [0.1, 0.15) is 37.9 Å². The van der Waals surface area contributed by atoms with Gasteiger partial charge in [-0.1, -0.05) is 13.8 Å². The largest absolute Gasteiger partial charge is 0.436 e. The first-order valence-corrected chi connectivity index (χ1v) is 6.93. The molecule has 0 saturated heterocycles. The van der Waals surface area contributed by atoms with Gasteiger partial charge >= 0.3 is 0 Å². The summed E-state index contributed by atoms with van der Waals surface area (Å²) in [6.07, 6.45) is 3.54. The van der Waals surface area contributed by atoms with E-state index in [1.54, 1.807) is 6.20 Å². The van der Waals surface area contributed by atoms with Crippen LogP contribution in [-0.4, -0.2) is 14.8 Å². The molecule has 0 fully saturated rings. The Balaban J connectivity index is 2.25. The SMILES string of the molecule is CCn1cc(Oc2cc(CCl)cc(C(C)C)n2)cn1. The summed E-state index contributed by atoms with van der Waals surface area (Å²) in [5, 5.41) is 4.17. The number of pyridine rings is 1. The number of hydrogen-bond donors (Lipinski definition) is 0. The van der Waals surface area contributed by atoms with Gasteiger partial charge < -0.3 is 4.74 Å². The third-order valence-electron chi connectivity index (χ3n) is 2.78. The molecule has 2 rings (SSSR count). The quantitative estimate of drug-likeness (QED) is 0.778. The Morgan fingerprint density at radius 3 is 2.74 bits per heavy atom. The van der Waals surface area contributed by atoms with Gasteiger partial charge in [-0.3, -0.25) is 4.68 Å². The zero-order valence-electron chi connectivity index (χ0n) is 11.4. The average molecular weight is 280 g/mol. The summed E-state index contributed by atoms with van der Waals surface area (Å²) in [4.78, 5) is 4.49. The van der Waals surface area contributed by atoms with Crippen molar-refractivity contribution in [1.29, 1.82) is 0 Å². The van der Waals surface area contributed by atoms with Gasteiger partial charge in [-0.25, -0.2) is 4.98 Å². The van der Waals surface area contributed by atoms with E-state index in [-0.39, 0.29) is 0 Å². The van der Waals surface area contributed by atoms with Crippen LogP contribution in [0.2, 0.25) is 0 Å². The van der Waals surface area contributed by atoms with Crippen LogP contribution >= 0.6 is 11.6 Å². The lowest BCUT2D eigenvalue weighted by Gasteiger charge is -2.09. The van der Waals surface area contributed by atoms with Crippen LogP contribution in [0, 0.1) is 0 Å². The van der Waals surface area contributed by atoms with E-state index in [1.165, 1.54) is 0 Å². The predicted molar refractivity (Wildman–Crippen MR) is 75.9 cm³/mol. The lowest BCUT2D eigenvalue weighted by molar-refractivity contribution is 0.457. The third kappa shape index (κ3) is 3.47. The van der Waals surface area contributed by atoms with Crippen LogP contribution < -0.4 is 4.74 Å². The van der Waals surface area contributed by atoms with E-state index in [4.69, 9.17) is 16.3 Å². The normalized spacial score (nSPS) is 11.0. The van der Waals surface area contributed by atoms with Crippen LogP contribution in [0.5, 0.6) is 11.6 Å². The molecule has 0 unspecified atom stereocenters. The van der Waals surface area contributed by atoms with Gasteiger partial charge in [0.1, 0.15) is 0 Å². The van der Waals surface area contributed by atoms with E-state index in [1.807, 2.05) is 29.9 Å². The number of ether oxygens (including phenoxy) is 1. The zero-order chi connectivity index (χ0) is 13.8. The molecule has 0 N–H and O–H groups in total. The Morgan fingerprint density at radius 1 is 1.37 bits per heavy atom. The predicted octanol–water partition coefficient (Wildman–Crippen LogP) is 3.95. The maximum atomic E-state index is 5.91. The summed E-state index contributed by atoms with van der Waals surface area (Å²) in [7, 11) is 0. The molecule has 0 atom stereocenters. The molecule has 0 aliphatic rings. The second kappa shape index (κ2) is 6.06. The maximum Gasteiger partial charge on any atom is 0.219 e. The van der Waals surface area contributed by atoms with Gasteiger partial charge in [0.25, 0.3) is 0 Å². The Hall–Kier alpha value is -1.55. The summed E-state index contributed by atoms with van der Waals surface area (Å²) >= 11 is 5.91. The van der Waals surface area contributed by atoms with E-state index in [0.29, 0.717) is 23.4 Å². The Labute approximate surface area is 118 Å². The first-order valence-electron chi connectivity index (χ1n) is 6.39. The standard InChI is InChI=1S/C14H18ClN3O/c1-4-18-9-12(8-16-18)19-14-6-11(7-15)5-13(17-14)10(2)3/h5-6,8-10H,4,7H2,1-3H3. The molecule has 2 aromatic rings. The van der Waals surface area contributed by atoms with Gasteiger partial charge in [0, 0.05) is 24.2 Å². The number of hydrogen-bond acceptors (Lipinski definition) is 3. The molecule has 102 valence electrons. The van der Waals surface area contributed by atoms with Gasteiger partial charge in [-0.2, -0.15) is 5.10 Å². The van der Waals surface area contributed by atoms with Crippen LogP contribution in [-0.2, 0) is 12.4 Å². The highest BCUT2D eigenvalue weighted by Gasteiger charge is 2.08. The summed E-state index contributed by atoms with van der Waals surface area (Å²) in [5.41, 5.74) is 1.99. The van der Waals surface area contributed by atoms with Crippen molar-refractivity contribution in [3.05, 3.63) is 35.8 Å². The minimum Gasteiger partial charge on any atom is -0.436 e. The van der Waals surface area contributed by atoms with Crippen molar-refractivity contribution >= 4 is 11.6 Å². The molecule has 2 heterocycles. The zero-order valence-corrected chi connectivity index (χ0v) is 12.2. The molecule has 0 aliphatic carbocycles. The number of halogens is 1. The molecular formula is C14H18ClN3O. The van der Waals surface area contributed by atoms with E-state index in [2.05, 4.69) is 23.9 Å². The number of alkyl halides is 1. The molecule has 19 heavy (non-hydrogen) atoms. The highest BCUT2D eigenvalue weighted by Crippen LogP contribution is 2.24. The smallest absolute Gasteiger partial charge is 0.219 e. The Bertz CT molecular complexity index is 551. The summed E-state index contributed by atoms with van der Waals surface area (Å²) in [6, 6.07) is 3.88. The van der Waals surface area contributed by atoms with E-state index in [9.17, 15) is 0 Å². The van der Waals surface area contributed by atoms with Crippen molar-refractivity contribution < 1.29 is 4.74 Å². The van der Waals surface area contributed by atoms with Crippen molar-refractivity contribution in [3.8, 4) is 11.6 Å². The fourth-order valence-corrected chi connectivity index (χ4v) is 1.85. The first kappa shape index (κ1) is 13.9. The molecule has 0 radical (unpaired) electrons. The topological polar surface area (TPSA) is 39.9 Å². The van der Waals surface area contributed by atoms with Crippen molar-refractivity contribution in [3.63, 3.8) is 0 Å². The van der Waals surface area contributed by atoms with Crippen molar-refractivity contribution in [2.75, 3.05) is 0 Å². The molecule has 0 spiro atoms. The summed E-state index contributed by atoms with van der Waals surface area (Å²) < 4.78 is 7.55. The molecular weight excluding hydrogens is 262 g/mol. The first-order chi connectivity index (χ1) is 9.12. The van der Waals surface area contributed by atoms with Crippen molar-refractivity contribution in [2.24, 2.45) is 0 Å². The molecule has 0 saturated carbocycles. The fourth-order valence-electron chi connectivity index (χ4n) is 1.70. The lowest BCUT2D eigenvalue weighted by Crippen LogP contribution is -1.97. The number of rotatable bonds is 5. The lowest BCUT2D eigenvalue weighted by atomic mass is 10.1. The van der Waals surface area contributed by atoms with Crippen LogP contribution in [0.3, 0.4) is 0 Å². The highest BCUT2D eigenvalue weighted by atomic mass is 35.5. The van der Waals surface area contributed by atoms with Gasteiger partial charge in [0.15, 0.2) is 5.75 Å². The van der Waals surface area contributed by atoms with E-state index >= 15 is 0 Å². The van der Waals surface area contributed by atoms with E-state index < -0.39 is 0 Å². The molecule has 5 heteroatoms. The fraction of sp³-hybridized carbons (Fsp3) is 0.429. The number of aryl methyl sites for hydroxylation is 1. The maximum absolute atomic E-state index is 5.91. The number of aromatic nitrogens is 3. The second-order valence-electron chi connectivity index (χ2n) is 4.66. The van der Waals surface area contributed by atoms with Gasteiger partial charge in [-0.15, -0.1) is 11.6 Å². The highest BCUT2D eigenvalue weighted by molar-refractivity contribution is 6.17. The van der Waals surface area contributed by atoms with Gasteiger partial charge in [0.2, 0.25) is 5.88 Å². The average Bonchev–Trinajstić information content (AvgIpc) is 2.85. The van der Waals surface area contributed by atoms with E-state index in [0.717, 1.165) is 17.8 Å². The number of nitrogens with zero attached hydrogens (tertiary/aromatic N) is 3. The molecule has 0 amide bonds. The summed E-state index contributed by atoms with van der Waals surface area (Å²) in [5.74, 6) is 2.05. The Morgan fingerprint density at radius 2 is 2.16 bits per heavy atom. The Kier molecular flexibility index (Phi) is 4.43. The van der Waals surface area contributed by atoms with Gasteiger partial charge in [-0.05, 0) is 24.5 Å². The second-order valence-corrected chi connectivity index (χ2v) is 4.93. The molecule has 4 nitrogen and oxygen atoms in total.